The molecule has 18 heavy (non-hydrogen) atoms. The van der Waals surface area contributed by atoms with Gasteiger partial charge in [0.25, 0.3) is 0 Å². The Kier molecular flexibility index (Phi) is 4.11. The number of rotatable bonds is 4. The normalized spacial score (nSPS) is 12.4. The van der Waals surface area contributed by atoms with E-state index in [1.54, 1.807) is 0 Å². The molecule has 0 spiro atoms. The zero-order chi connectivity index (χ0) is 13.0. The van der Waals surface area contributed by atoms with Crippen LogP contribution in [0.5, 0.6) is 0 Å². The van der Waals surface area contributed by atoms with E-state index in [0.29, 0.717) is 6.04 Å². The molecule has 1 atom stereocenters. The van der Waals surface area contributed by atoms with Gasteiger partial charge in [-0.15, -0.1) is 0 Å². The van der Waals surface area contributed by atoms with Crippen LogP contribution in [0.1, 0.15) is 28.4 Å². The molecule has 0 aliphatic carbocycles. The predicted octanol–water partition coefficient (Wildman–Crippen LogP) is 3.20. The smallest absolute Gasteiger partial charge is 0.0375 e. The molecule has 0 saturated heterocycles. The van der Waals surface area contributed by atoms with E-state index in [2.05, 4.69) is 53.6 Å². The molecule has 1 aromatic heterocycles. The number of pyridine rings is 1. The summed E-state index contributed by atoms with van der Waals surface area (Å²) in [6.45, 7) is 4.20. The van der Waals surface area contributed by atoms with Crippen molar-refractivity contribution in [3.05, 3.63) is 65.0 Å². The molecule has 0 radical (unpaired) electrons. The van der Waals surface area contributed by atoms with Crippen LogP contribution in [0.2, 0.25) is 0 Å². The second-order valence-corrected chi connectivity index (χ2v) is 4.70. The Labute approximate surface area is 109 Å². The van der Waals surface area contributed by atoms with Crippen LogP contribution in [0.15, 0.2) is 42.6 Å². The molecule has 0 fully saturated rings. The van der Waals surface area contributed by atoms with Crippen LogP contribution in [0.3, 0.4) is 0 Å². The van der Waals surface area contributed by atoms with Crippen molar-refractivity contribution in [3.63, 3.8) is 0 Å². The average molecular weight is 240 g/mol. The van der Waals surface area contributed by atoms with E-state index in [1.807, 2.05) is 20.2 Å². The fraction of sp³-hybridized carbons (Fsp3) is 0.312. The highest BCUT2D eigenvalue weighted by Crippen LogP contribution is 2.20. The Morgan fingerprint density at radius 3 is 2.61 bits per heavy atom. The van der Waals surface area contributed by atoms with Crippen LogP contribution < -0.4 is 5.32 Å². The van der Waals surface area contributed by atoms with E-state index in [1.165, 1.54) is 16.7 Å². The summed E-state index contributed by atoms with van der Waals surface area (Å²) >= 11 is 0. The third kappa shape index (κ3) is 2.96. The van der Waals surface area contributed by atoms with Crippen molar-refractivity contribution in [2.75, 3.05) is 7.05 Å². The summed E-state index contributed by atoms with van der Waals surface area (Å²) in [4.78, 5) is 4.25. The maximum Gasteiger partial charge on any atom is 0.0375 e. The molecule has 2 nitrogen and oxygen atoms in total. The van der Waals surface area contributed by atoms with Gasteiger partial charge in [-0.25, -0.2) is 0 Å². The van der Waals surface area contributed by atoms with Crippen molar-refractivity contribution in [2.45, 2.75) is 26.3 Å². The van der Waals surface area contributed by atoms with Crippen molar-refractivity contribution in [2.24, 2.45) is 0 Å². The van der Waals surface area contributed by atoms with Crippen molar-refractivity contribution in [3.8, 4) is 0 Å². The fourth-order valence-corrected chi connectivity index (χ4v) is 2.23. The summed E-state index contributed by atoms with van der Waals surface area (Å²) in [5.41, 5.74) is 5.11. The van der Waals surface area contributed by atoms with E-state index < -0.39 is 0 Å². The quantitative estimate of drug-likeness (QED) is 0.887. The molecule has 2 rings (SSSR count). The van der Waals surface area contributed by atoms with E-state index in [0.717, 1.165) is 12.1 Å². The minimum absolute atomic E-state index is 0.341. The number of aryl methyl sites for hydroxylation is 2. The topological polar surface area (TPSA) is 24.9 Å². The van der Waals surface area contributed by atoms with Crippen molar-refractivity contribution in [1.82, 2.24) is 10.3 Å². The molecule has 1 N–H and O–H groups in total. The highest BCUT2D eigenvalue weighted by Gasteiger charge is 2.11. The van der Waals surface area contributed by atoms with Gasteiger partial charge in [0, 0.05) is 17.9 Å². The van der Waals surface area contributed by atoms with Gasteiger partial charge in [-0.2, -0.15) is 0 Å². The second-order valence-electron chi connectivity index (χ2n) is 4.70. The van der Waals surface area contributed by atoms with Crippen molar-refractivity contribution < 1.29 is 0 Å². The first-order valence-electron chi connectivity index (χ1n) is 6.35. The second kappa shape index (κ2) is 5.78. The molecule has 1 aromatic carbocycles. The van der Waals surface area contributed by atoms with Crippen molar-refractivity contribution >= 4 is 0 Å². The lowest BCUT2D eigenvalue weighted by Gasteiger charge is -2.18. The zero-order valence-electron chi connectivity index (χ0n) is 11.3. The summed E-state index contributed by atoms with van der Waals surface area (Å²) in [6, 6.07) is 13.1. The summed E-state index contributed by atoms with van der Waals surface area (Å²) in [6.07, 6.45) is 2.89. The lowest BCUT2D eigenvalue weighted by Crippen LogP contribution is -2.19. The first-order chi connectivity index (χ1) is 8.70. The first-order valence-corrected chi connectivity index (χ1v) is 6.35. The highest BCUT2D eigenvalue weighted by molar-refractivity contribution is 5.29. The van der Waals surface area contributed by atoms with Gasteiger partial charge < -0.3 is 5.32 Å². The number of benzene rings is 1. The molecule has 1 heterocycles. The van der Waals surface area contributed by atoms with Crippen LogP contribution in [0.25, 0.3) is 0 Å². The maximum absolute atomic E-state index is 4.25. The van der Waals surface area contributed by atoms with Gasteiger partial charge >= 0.3 is 0 Å². The van der Waals surface area contributed by atoms with E-state index in [9.17, 15) is 0 Å². The van der Waals surface area contributed by atoms with E-state index in [-0.39, 0.29) is 0 Å². The number of hydrogen-bond donors (Lipinski definition) is 1. The largest absolute Gasteiger partial charge is 0.313 e. The highest BCUT2D eigenvalue weighted by atomic mass is 14.9. The third-order valence-corrected chi connectivity index (χ3v) is 3.36. The lowest BCUT2D eigenvalue weighted by atomic mass is 9.96. The number of nitrogens with zero attached hydrogens (tertiary/aromatic N) is 1. The molecular weight excluding hydrogens is 220 g/mol. The molecule has 2 heteroatoms. The monoisotopic (exact) mass is 240 g/mol. The molecule has 94 valence electrons. The van der Waals surface area contributed by atoms with Crippen LogP contribution in [0.4, 0.5) is 0 Å². The number of nitrogens with one attached hydrogen (secondary N) is 1. The average Bonchev–Trinajstić information content (AvgIpc) is 2.38. The summed E-state index contributed by atoms with van der Waals surface area (Å²) in [5.74, 6) is 0. The summed E-state index contributed by atoms with van der Waals surface area (Å²) < 4.78 is 0. The van der Waals surface area contributed by atoms with Gasteiger partial charge in [0.2, 0.25) is 0 Å². The SMILES string of the molecule is CNC(Cc1ccccc1C)c1ccnc(C)c1. The molecule has 0 bridgehead atoms. The molecule has 1 unspecified atom stereocenters. The summed E-state index contributed by atoms with van der Waals surface area (Å²) in [7, 11) is 2.01. The van der Waals surface area contributed by atoms with Gasteiger partial charge in [-0.1, -0.05) is 24.3 Å². The predicted molar refractivity (Wildman–Crippen MR) is 75.7 cm³/mol. The Morgan fingerprint density at radius 1 is 1.17 bits per heavy atom. The van der Waals surface area contributed by atoms with Gasteiger partial charge in [0.15, 0.2) is 0 Å². The van der Waals surface area contributed by atoms with Gasteiger partial charge in [-0.3, -0.25) is 4.98 Å². The Bertz CT molecular complexity index is 520. The third-order valence-electron chi connectivity index (χ3n) is 3.36. The number of hydrogen-bond acceptors (Lipinski definition) is 2. The minimum atomic E-state index is 0.341. The Hall–Kier alpha value is -1.67. The van der Waals surface area contributed by atoms with Crippen LogP contribution in [0, 0.1) is 13.8 Å². The molecule has 0 aliphatic rings. The lowest BCUT2D eigenvalue weighted by molar-refractivity contribution is 0.589. The summed E-state index contributed by atoms with van der Waals surface area (Å²) in [5, 5.41) is 3.39. The standard InChI is InChI=1S/C16H20N2/c1-12-6-4-5-7-14(12)11-16(17-3)15-8-9-18-13(2)10-15/h4-10,16-17H,11H2,1-3H3. The maximum atomic E-state index is 4.25. The van der Waals surface area contributed by atoms with Crippen LogP contribution in [-0.2, 0) is 6.42 Å². The van der Waals surface area contributed by atoms with Gasteiger partial charge in [-0.05, 0) is 56.1 Å². The zero-order valence-corrected chi connectivity index (χ0v) is 11.3. The van der Waals surface area contributed by atoms with Crippen LogP contribution >= 0.6 is 0 Å². The molecular formula is C16H20N2. The van der Waals surface area contributed by atoms with Gasteiger partial charge in [0.1, 0.15) is 0 Å². The Balaban J connectivity index is 2.23. The molecule has 0 saturated carbocycles. The van der Waals surface area contributed by atoms with Crippen molar-refractivity contribution in [1.29, 1.82) is 0 Å². The fourth-order valence-electron chi connectivity index (χ4n) is 2.23. The van der Waals surface area contributed by atoms with E-state index >= 15 is 0 Å². The number of aromatic nitrogens is 1. The minimum Gasteiger partial charge on any atom is -0.313 e. The molecule has 2 aromatic rings. The number of likely N-dealkylation sites (N-methyl/N-ethyl adjacent to an activating group) is 1. The van der Waals surface area contributed by atoms with Crippen LogP contribution in [-0.4, -0.2) is 12.0 Å². The first kappa shape index (κ1) is 12.8. The molecule has 0 aliphatic heterocycles. The van der Waals surface area contributed by atoms with E-state index in [4.69, 9.17) is 0 Å². The Morgan fingerprint density at radius 2 is 1.94 bits per heavy atom. The van der Waals surface area contributed by atoms with Gasteiger partial charge in [0.05, 0.1) is 0 Å². The molecule has 0 amide bonds.